The van der Waals surface area contributed by atoms with Crippen molar-refractivity contribution in [1.82, 2.24) is 4.90 Å². The molecule has 0 saturated carbocycles. The number of likely N-dealkylation sites (tertiary alicyclic amines) is 1. The molecule has 1 heterocycles. The van der Waals surface area contributed by atoms with Gasteiger partial charge in [0.1, 0.15) is 0 Å². The van der Waals surface area contributed by atoms with E-state index in [-0.39, 0.29) is 30.1 Å². The second-order valence-electron chi connectivity index (χ2n) is 4.78. The molecule has 1 aromatic rings. The lowest BCUT2D eigenvalue weighted by Gasteiger charge is -2.30. The number of para-hydroxylation sites is 1. The van der Waals surface area contributed by atoms with Gasteiger partial charge >= 0.3 is 0 Å². The molecule has 1 aromatic carbocycles. The predicted molar refractivity (Wildman–Crippen MR) is 70.4 cm³/mol. The molecular weight excluding hydrogens is 263 g/mol. The first kappa shape index (κ1) is 14.3. The molecule has 1 saturated heterocycles. The molecule has 2 rings (SSSR count). The Morgan fingerprint density at radius 3 is 2.55 bits per heavy atom. The minimum atomic E-state index is -0.493. The van der Waals surface area contributed by atoms with Crippen LogP contribution >= 0.6 is 0 Å². The molecular formula is C14H17FN2O3. The van der Waals surface area contributed by atoms with Crippen LogP contribution in [0.25, 0.3) is 0 Å². The lowest BCUT2D eigenvalue weighted by molar-refractivity contribution is -0.136. The van der Waals surface area contributed by atoms with Gasteiger partial charge in [0.25, 0.3) is 5.91 Å². The summed E-state index contributed by atoms with van der Waals surface area (Å²) in [5.74, 6) is -1.12. The molecule has 0 bridgehead atoms. The van der Waals surface area contributed by atoms with E-state index in [1.54, 1.807) is 17.0 Å². The van der Waals surface area contributed by atoms with E-state index < -0.39 is 5.82 Å². The van der Waals surface area contributed by atoms with Crippen LogP contribution in [-0.2, 0) is 9.59 Å². The number of hydrogen-bond donors (Lipinski definition) is 1. The van der Waals surface area contributed by atoms with Crippen molar-refractivity contribution in [3.05, 3.63) is 30.1 Å². The number of amides is 2. The van der Waals surface area contributed by atoms with Crippen molar-refractivity contribution < 1.29 is 18.7 Å². The number of halogens is 1. The number of ether oxygens (including phenoxy) is 1. The Bertz CT molecular complexity index is 499. The summed E-state index contributed by atoms with van der Waals surface area (Å²) >= 11 is 0. The van der Waals surface area contributed by atoms with Crippen molar-refractivity contribution in [1.29, 1.82) is 0 Å². The zero-order valence-corrected chi connectivity index (χ0v) is 11.0. The number of benzene rings is 1. The van der Waals surface area contributed by atoms with E-state index in [0.717, 1.165) is 0 Å². The number of hydrogen-bond acceptors (Lipinski definition) is 3. The molecule has 20 heavy (non-hydrogen) atoms. The van der Waals surface area contributed by atoms with Gasteiger partial charge in [0.05, 0.1) is 0 Å². The summed E-state index contributed by atoms with van der Waals surface area (Å²) < 4.78 is 18.5. The molecule has 1 fully saturated rings. The smallest absolute Gasteiger partial charge is 0.260 e. The zero-order valence-electron chi connectivity index (χ0n) is 11.0. The molecule has 0 unspecified atom stereocenters. The van der Waals surface area contributed by atoms with Crippen LogP contribution in [0, 0.1) is 11.7 Å². The summed E-state index contributed by atoms with van der Waals surface area (Å²) in [6.45, 7) is 0.752. The van der Waals surface area contributed by atoms with Crippen molar-refractivity contribution in [2.24, 2.45) is 11.7 Å². The molecule has 0 radical (unpaired) electrons. The molecule has 0 aliphatic carbocycles. The fraction of sp³-hybridized carbons (Fsp3) is 0.429. The fourth-order valence-corrected chi connectivity index (χ4v) is 2.21. The average Bonchev–Trinajstić information content (AvgIpc) is 2.46. The number of nitrogens with two attached hydrogens (primary N) is 1. The maximum absolute atomic E-state index is 13.3. The molecule has 0 aromatic heterocycles. The Labute approximate surface area is 116 Å². The second-order valence-corrected chi connectivity index (χ2v) is 4.78. The molecule has 0 atom stereocenters. The van der Waals surface area contributed by atoms with Gasteiger partial charge in [0.15, 0.2) is 18.2 Å². The quantitative estimate of drug-likeness (QED) is 0.891. The van der Waals surface area contributed by atoms with Crippen molar-refractivity contribution in [2.75, 3.05) is 19.7 Å². The maximum atomic E-state index is 13.3. The SMILES string of the molecule is NC(=O)C1CCN(C(=O)COc2ccccc2F)CC1. The Kier molecular flexibility index (Phi) is 4.55. The van der Waals surface area contributed by atoms with Crippen LogP contribution < -0.4 is 10.5 Å². The van der Waals surface area contributed by atoms with Gasteiger partial charge in [-0.3, -0.25) is 9.59 Å². The highest BCUT2D eigenvalue weighted by Crippen LogP contribution is 2.18. The van der Waals surface area contributed by atoms with Crippen LogP contribution in [-0.4, -0.2) is 36.4 Å². The van der Waals surface area contributed by atoms with Gasteiger partial charge in [0.2, 0.25) is 5.91 Å². The van der Waals surface area contributed by atoms with Crippen LogP contribution in [0.4, 0.5) is 4.39 Å². The topological polar surface area (TPSA) is 72.6 Å². The van der Waals surface area contributed by atoms with E-state index in [2.05, 4.69) is 0 Å². The van der Waals surface area contributed by atoms with E-state index in [9.17, 15) is 14.0 Å². The molecule has 108 valence electrons. The Hall–Kier alpha value is -2.11. The van der Waals surface area contributed by atoms with Crippen molar-refractivity contribution in [3.63, 3.8) is 0 Å². The fourth-order valence-electron chi connectivity index (χ4n) is 2.21. The Morgan fingerprint density at radius 1 is 1.30 bits per heavy atom. The number of rotatable bonds is 4. The highest BCUT2D eigenvalue weighted by atomic mass is 19.1. The Morgan fingerprint density at radius 2 is 1.95 bits per heavy atom. The third-order valence-corrected chi connectivity index (χ3v) is 3.44. The summed E-state index contributed by atoms with van der Waals surface area (Å²) in [7, 11) is 0. The highest BCUT2D eigenvalue weighted by molar-refractivity contribution is 5.79. The van der Waals surface area contributed by atoms with E-state index in [1.165, 1.54) is 12.1 Å². The minimum absolute atomic E-state index is 0.0628. The lowest BCUT2D eigenvalue weighted by Crippen LogP contribution is -2.43. The number of carbonyl (C=O) groups excluding carboxylic acids is 2. The molecule has 5 nitrogen and oxygen atoms in total. The molecule has 6 heteroatoms. The summed E-state index contributed by atoms with van der Waals surface area (Å²) in [6.07, 6.45) is 1.14. The van der Waals surface area contributed by atoms with E-state index in [1.807, 2.05) is 0 Å². The monoisotopic (exact) mass is 280 g/mol. The first-order valence-corrected chi connectivity index (χ1v) is 6.52. The number of carbonyl (C=O) groups is 2. The third-order valence-electron chi connectivity index (χ3n) is 3.44. The highest BCUT2D eigenvalue weighted by Gasteiger charge is 2.26. The average molecular weight is 280 g/mol. The van der Waals surface area contributed by atoms with Crippen LogP contribution in [0.1, 0.15) is 12.8 Å². The minimum Gasteiger partial charge on any atom is -0.481 e. The van der Waals surface area contributed by atoms with Crippen LogP contribution in [0.5, 0.6) is 5.75 Å². The second kappa shape index (κ2) is 6.36. The first-order chi connectivity index (χ1) is 9.58. The molecule has 1 aliphatic heterocycles. The molecule has 2 N–H and O–H groups in total. The van der Waals surface area contributed by atoms with Gasteiger partial charge in [-0.05, 0) is 25.0 Å². The van der Waals surface area contributed by atoms with Crippen molar-refractivity contribution in [2.45, 2.75) is 12.8 Å². The summed E-state index contributed by atoms with van der Waals surface area (Å²) in [5.41, 5.74) is 5.23. The normalized spacial score (nSPS) is 15.9. The van der Waals surface area contributed by atoms with Crippen LogP contribution in [0.15, 0.2) is 24.3 Å². The molecule has 1 aliphatic rings. The van der Waals surface area contributed by atoms with Gasteiger partial charge in [0, 0.05) is 19.0 Å². The van der Waals surface area contributed by atoms with Gasteiger partial charge in [-0.1, -0.05) is 12.1 Å². The van der Waals surface area contributed by atoms with Crippen molar-refractivity contribution >= 4 is 11.8 Å². The number of piperidine rings is 1. The largest absolute Gasteiger partial charge is 0.481 e. The zero-order chi connectivity index (χ0) is 14.5. The lowest BCUT2D eigenvalue weighted by atomic mass is 9.96. The van der Waals surface area contributed by atoms with Crippen LogP contribution in [0.3, 0.4) is 0 Å². The number of nitrogens with zero attached hydrogens (tertiary/aromatic N) is 1. The Balaban J connectivity index is 1.82. The summed E-state index contributed by atoms with van der Waals surface area (Å²) in [5, 5.41) is 0. The molecule has 0 spiro atoms. The summed E-state index contributed by atoms with van der Waals surface area (Å²) in [6, 6.07) is 5.94. The summed E-state index contributed by atoms with van der Waals surface area (Å²) in [4.78, 5) is 24.6. The van der Waals surface area contributed by atoms with E-state index in [0.29, 0.717) is 25.9 Å². The standard InChI is InChI=1S/C14H17FN2O3/c15-11-3-1-2-4-12(11)20-9-13(18)17-7-5-10(6-8-17)14(16)19/h1-4,10H,5-9H2,(H2,16,19). The predicted octanol–water partition coefficient (Wildman–Crippen LogP) is 0.928. The third kappa shape index (κ3) is 3.46. The van der Waals surface area contributed by atoms with Gasteiger partial charge in [-0.2, -0.15) is 0 Å². The molecule has 2 amide bonds. The number of primary amides is 1. The van der Waals surface area contributed by atoms with Gasteiger partial charge in [-0.15, -0.1) is 0 Å². The van der Waals surface area contributed by atoms with Crippen LogP contribution in [0.2, 0.25) is 0 Å². The first-order valence-electron chi connectivity index (χ1n) is 6.52. The van der Waals surface area contributed by atoms with Crippen molar-refractivity contribution in [3.8, 4) is 5.75 Å². The maximum Gasteiger partial charge on any atom is 0.260 e. The van der Waals surface area contributed by atoms with E-state index >= 15 is 0 Å². The van der Waals surface area contributed by atoms with E-state index in [4.69, 9.17) is 10.5 Å². The van der Waals surface area contributed by atoms with Gasteiger partial charge in [-0.25, -0.2) is 4.39 Å². The van der Waals surface area contributed by atoms with Gasteiger partial charge < -0.3 is 15.4 Å².